The first-order valence-corrected chi connectivity index (χ1v) is 9.56. The van der Waals surface area contributed by atoms with Gasteiger partial charge in [0.1, 0.15) is 17.5 Å². The average Bonchev–Trinajstić information content (AvgIpc) is 2.78. The van der Waals surface area contributed by atoms with Gasteiger partial charge in [-0.3, -0.25) is 9.62 Å². The van der Waals surface area contributed by atoms with Gasteiger partial charge in [-0.1, -0.05) is 30.1 Å². The molecule has 0 aliphatic carbocycles. The quantitative estimate of drug-likeness (QED) is 0.586. The smallest absolute Gasteiger partial charge is 0.277 e. The van der Waals surface area contributed by atoms with Crippen LogP contribution in [0, 0.1) is 17.5 Å². The molecule has 2 nitrogen and oxygen atoms in total. The molecule has 8 heteroatoms. The number of likely N-dealkylation sites (N-methyl/N-ethyl adjacent to an activating group) is 1. The van der Waals surface area contributed by atoms with Crippen LogP contribution in [0.1, 0.15) is 5.56 Å². The highest BCUT2D eigenvalue weighted by Crippen LogP contribution is 2.35. The molecule has 2 atom stereocenters. The van der Waals surface area contributed by atoms with E-state index in [1.807, 2.05) is 0 Å². The molecule has 1 heterocycles. The first-order valence-electron chi connectivity index (χ1n) is 8.33. The maximum atomic E-state index is 15.0. The summed E-state index contributed by atoms with van der Waals surface area (Å²) in [6, 6.07) is 5.51. The predicted octanol–water partition coefficient (Wildman–Crippen LogP) is 4.50. The lowest BCUT2D eigenvalue weighted by Crippen LogP contribution is -2.46. The van der Waals surface area contributed by atoms with Crippen LogP contribution in [0.3, 0.4) is 0 Å². The number of hydrogen-bond acceptors (Lipinski definition) is 3. The third kappa shape index (κ3) is 4.12. The van der Waals surface area contributed by atoms with Crippen LogP contribution in [0.4, 0.5) is 22.0 Å². The summed E-state index contributed by atoms with van der Waals surface area (Å²) in [7, 11) is 1.57. The van der Waals surface area contributed by atoms with Crippen LogP contribution in [-0.4, -0.2) is 42.8 Å². The Morgan fingerprint density at radius 1 is 1.15 bits per heavy atom. The van der Waals surface area contributed by atoms with E-state index in [1.165, 1.54) is 17.0 Å². The van der Waals surface area contributed by atoms with Crippen LogP contribution in [0.15, 0.2) is 36.4 Å². The second-order valence-corrected chi connectivity index (χ2v) is 7.33. The lowest BCUT2D eigenvalue weighted by atomic mass is 9.95. The Labute approximate surface area is 158 Å². The molecule has 1 aliphatic heterocycles. The topological polar surface area (TPSA) is 15.3 Å². The molecule has 0 bridgehead atoms. The minimum atomic E-state index is -2.94. The Kier molecular flexibility index (Phi) is 5.79. The number of likely N-dealkylation sites (tertiary alicyclic amines) is 1. The molecule has 0 radical (unpaired) electrons. The van der Waals surface area contributed by atoms with Gasteiger partial charge in [-0.2, -0.15) is 0 Å². The zero-order valence-corrected chi connectivity index (χ0v) is 15.6. The highest BCUT2D eigenvalue weighted by Gasteiger charge is 2.53. The number of nitrogens with one attached hydrogen (secondary N) is 1. The van der Waals surface area contributed by atoms with Gasteiger partial charge in [0.05, 0.1) is 12.6 Å². The number of alkyl halides is 2. The van der Waals surface area contributed by atoms with Gasteiger partial charge in [-0.25, -0.2) is 22.0 Å². The molecule has 2 aromatic rings. The number of halogens is 5. The lowest BCUT2D eigenvalue weighted by molar-refractivity contribution is -0.00423. The van der Waals surface area contributed by atoms with E-state index in [4.69, 9.17) is 0 Å². The fourth-order valence-corrected chi connectivity index (χ4v) is 4.13. The molecular weight excluding hydrogens is 383 g/mol. The van der Waals surface area contributed by atoms with Crippen molar-refractivity contribution in [2.45, 2.75) is 24.4 Å². The summed E-state index contributed by atoms with van der Waals surface area (Å²) in [6.45, 7) is -0.424. The Hall–Kier alpha value is -1.64. The van der Waals surface area contributed by atoms with Crippen molar-refractivity contribution in [3.05, 3.63) is 59.4 Å². The summed E-state index contributed by atoms with van der Waals surface area (Å²) in [5.74, 6) is -5.22. The van der Waals surface area contributed by atoms with Crippen molar-refractivity contribution in [1.82, 2.24) is 9.62 Å². The SMILES string of the molecule is CSNC1C(Cc2cccc(-c3cc(F)cc(F)c3)c2F)N(C)CC1(F)F. The minimum absolute atomic E-state index is 0.0349. The van der Waals surface area contributed by atoms with Gasteiger partial charge in [-0.15, -0.1) is 0 Å². The van der Waals surface area contributed by atoms with Crippen LogP contribution in [-0.2, 0) is 6.42 Å². The van der Waals surface area contributed by atoms with Crippen LogP contribution < -0.4 is 4.72 Å². The van der Waals surface area contributed by atoms with Crippen molar-refractivity contribution in [2.75, 3.05) is 19.8 Å². The van der Waals surface area contributed by atoms with Crippen LogP contribution >= 0.6 is 11.9 Å². The summed E-state index contributed by atoms with van der Waals surface area (Å²) in [5, 5.41) is 0. The van der Waals surface area contributed by atoms with E-state index < -0.39 is 42.0 Å². The number of nitrogens with zero attached hydrogens (tertiary/aromatic N) is 1. The molecule has 0 amide bonds. The van der Waals surface area contributed by atoms with E-state index in [9.17, 15) is 17.6 Å². The number of hydrogen-bond donors (Lipinski definition) is 1. The Morgan fingerprint density at radius 3 is 2.44 bits per heavy atom. The third-order valence-electron chi connectivity index (χ3n) is 4.79. The molecule has 27 heavy (non-hydrogen) atoms. The van der Waals surface area contributed by atoms with Crippen molar-refractivity contribution in [3.63, 3.8) is 0 Å². The van der Waals surface area contributed by atoms with Gasteiger partial charge in [0.15, 0.2) is 0 Å². The van der Waals surface area contributed by atoms with E-state index in [0.717, 1.165) is 24.1 Å². The normalized spacial score (nSPS) is 22.3. The Balaban J connectivity index is 1.94. The van der Waals surface area contributed by atoms with E-state index in [-0.39, 0.29) is 23.1 Å². The van der Waals surface area contributed by atoms with Gasteiger partial charge >= 0.3 is 0 Å². The molecule has 2 unspecified atom stereocenters. The van der Waals surface area contributed by atoms with Crippen LogP contribution in [0.2, 0.25) is 0 Å². The third-order valence-corrected chi connectivity index (χ3v) is 5.28. The Morgan fingerprint density at radius 2 is 1.81 bits per heavy atom. The van der Waals surface area contributed by atoms with Gasteiger partial charge in [0.25, 0.3) is 5.92 Å². The molecule has 146 valence electrons. The Bertz CT molecular complexity index is 809. The zero-order valence-electron chi connectivity index (χ0n) is 14.8. The zero-order chi connectivity index (χ0) is 19.8. The van der Waals surface area contributed by atoms with Crippen LogP contribution in [0.5, 0.6) is 0 Å². The highest BCUT2D eigenvalue weighted by atomic mass is 32.2. The summed E-state index contributed by atoms with van der Waals surface area (Å²) < 4.78 is 73.2. The molecule has 1 fully saturated rings. The van der Waals surface area contributed by atoms with Crippen LogP contribution in [0.25, 0.3) is 11.1 Å². The fraction of sp³-hybridized carbons (Fsp3) is 0.368. The largest absolute Gasteiger partial charge is 0.295 e. The van der Waals surface area contributed by atoms with Gasteiger partial charge in [0.2, 0.25) is 0 Å². The number of benzene rings is 2. The second kappa shape index (κ2) is 7.77. The van der Waals surface area contributed by atoms with E-state index in [0.29, 0.717) is 6.07 Å². The monoisotopic (exact) mass is 402 g/mol. The molecule has 1 saturated heterocycles. The molecule has 3 rings (SSSR count). The van der Waals surface area contributed by atoms with Gasteiger partial charge in [0, 0.05) is 17.7 Å². The maximum absolute atomic E-state index is 15.0. The molecule has 0 aromatic heterocycles. The van der Waals surface area contributed by atoms with Gasteiger partial charge < -0.3 is 0 Å². The summed E-state index contributed by atoms with van der Waals surface area (Å²) >= 11 is 1.09. The van der Waals surface area contributed by atoms with Crippen molar-refractivity contribution in [2.24, 2.45) is 0 Å². The fourth-order valence-electron chi connectivity index (χ4n) is 3.54. The summed E-state index contributed by atoms with van der Waals surface area (Å²) in [6.07, 6.45) is 1.70. The second-order valence-electron chi connectivity index (χ2n) is 6.68. The molecule has 0 spiro atoms. The summed E-state index contributed by atoms with van der Waals surface area (Å²) in [5.41, 5.74) is 0.322. The summed E-state index contributed by atoms with van der Waals surface area (Å²) in [4.78, 5) is 1.50. The predicted molar refractivity (Wildman–Crippen MR) is 97.3 cm³/mol. The number of rotatable bonds is 5. The highest BCUT2D eigenvalue weighted by molar-refractivity contribution is 7.96. The van der Waals surface area contributed by atoms with E-state index >= 15 is 4.39 Å². The van der Waals surface area contributed by atoms with E-state index in [2.05, 4.69) is 4.72 Å². The lowest BCUT2D eigenvalue weighted by Gasteiger charge is -2.26. The van der Waals surface area contributed by atoms with Crippen molar-refractivity contribution < 1.29 is 22.0 Å². The van der Waals surface area contributed by atoms with Crippen molar-refractivity contribution in [3.8, 4) is 11.1 Å². The van der Waals surface area contributed by atoms with Crippen molar-refractivity contribution in [1.29, 1.82) is 0 Å². The van der Waals surface area contributed by atoms with E-state index in [1.54, 1.807) is 19.4 Å². The molecule has 1 aliphatic rings. The average molecular weight is 402 g/mol. The molecular formula is C19H19F5N2S. The first-order chi connectivity index (χ1) is 12.7. The minimum Gasteiger partial charge on any atom is -0.295 e. The molecule has 1 N–H and O–H groups in total. The van der Waals surface area contributed by atoms with Crippen molar-refractivity contribution >= 4 is 11.9 Å². The standard InChI is InChI=1S/C19H19F5N2S/c1-26-10-19(23,24)18(25-27-2)16(26)8-11-4-3-5-15(17(11)22)12-6-13(20)9-14(21)7-12/h3-7,9,16,18,25H,8,10H2,1-2H3. The first kappa shape index (κ1) is 20.1. The molecule has 2 aromatic carbocycles. The van der Waals surface area contributed by atoms with Gasteiger partial charge in [-0.05, 0) is 43.0 Å². The molecule has 0 saturated carbocycles. The maximum Gasteiger partial charge on any atom is 0.277 e.